The Bertz CT molecular complexity index is 713. The summed E-state index contributed by atoms with van der Waals surface area (Å²) in [4.78, 5) is 23.0. The third-order valence-electron chi connectivity index (χ3n) is 3.23. The van der Waals surface area contributed by atoms with Gasteiger partial charge in [0, 0.05) is 33.4 Å². The van der Waals surface area contributed by atoms with Crippen molar-refractivity contribution in [2.24, 2.45) is 14.1 Å². The molecule has 0 bridgehead atoms. The van der Waals surface area contributed by atoms with Crippen LogP contribution in [0.25, 0.3) is 0 Å². The highest BCUT2D eigenvalue weighted by atomic mass is 32.2. The van der Waals surface area contributed by atoms with E-state index >= 15 is 0 Å². The summed E-state index contributed by atoms with van der Waals surface area (Å²) in [6, 6.07) is 0. The van der Waals surface area contributed by atoms with Crippen LogP contribution in [0.1, 0.15) is 12.8 Å². The van der Waals surface area contributed by atoms with Crippen LogP contribution < -0.4 is 16.0 Å². The molecule has 0 radical (unpaired) electrons. The van der Waals surface area contributed by atoms with Crippen LogP contribution in [0.4, 0.5) is 0 Å². The molecule has 0 amide bonds. The monoisotopic (exact) mass is 303 g/mol. The first-order valence-corrected chi connectivity index (χ1v) is 7.69. The Morgan fingerprint density at radius 1 is 1.40 bits per heavy atom. The second-order valence-corrected chi connectivity index (χ2v) is 6.47. The average molecular weight is 303 g/mol. The maximum atomic E-state index is 12.1. The molecule has 1 aliphatic heterocycles. The minimum Gasteiger partial charge on any atom is -0.377 e. The molecule has 112 valence electrons. The van der Waals surface area contributed by atoms with Crippen LogP contribution >= 0.6 is 0 Å². The van der Waals surface area contributed by atoms with Crippen LogP contribution in [0.5, 0.6) is 0 Å². The molecule has 0 aromatic carbocycles. The Morgan fingerprint density at radius 3 is 2.70 bits per heavy atom. The van der Waals surface area contributed by atoms with E-state index in [1.165, 1.54) is 14.1 Å². The molecule has 9 heteroatoms. The molecule has 0 aliphatic carbocycles. The van der Waals surface area contributed by atoms with E-state index in [-0.39, 0.29) is 12.6 Å². The topological polar surface area (TPSA) is 99.4 Å². The second kappa shape index (κ2) is 5.51. The Balaban J connectivity index is 2.30. The zero-order chi connectivity index (χ0) is 14.9. The van der Waals surface area contributed by atoms with Crippen molar-refractivity contribution < 1.29 is 13.2 Å². The highest BCUT2D eigenvalue weighted by molar-refractivity contribution is 7.89. The second-order valence-electron chi connectivity index (χ2n) is 4.74. The summed E-state index contributed by atoms with van der Waals surface area (Å²) in [5.41, 5.74) is -1.42. The zero-order valence-electron chi connectivity index (χ0n) is 11.3. The Labute approximate surface area is 116 Å². The zero-order valence-corrected chi connectivity index (χ0v) is 12.1. The van der Waals surface area contributed by atoms with E-state index in [1.807, 2.05) is 0 Å². The van der Waals surface area contributed by atoms with E-state index in [0.29, 0.717) is 6.61 Å². The molecule has 2 heterocycles. The smallest absolute Gasteiger partial charge is 0.330 e. The predicted molar refractivity (Wildman–Crippen MR) is 71.1 cm³/mol. The van der Waals surface area contributed by atoms with Gasteiger partial charge in [-0.15, -0.1) is 0 Å². The molecular weight excluding hydrogens is 286 g/mol. The molecule has 1 aliphatic rings. The fraction of sp³-hybridized carbons (Fsp3) is 0.636. The fourth-order valence-electron chi connectivity index (χ4n) is 2.05. The first-order chi connectivity index (χ1) is 9.33. The maximum Gasteiger partial charge on any atom is 0.330 e. The number of hydrogen-bond acceptors (Lipinski definition) is 5. The largest absolute Gasteiger partial charge is 0.377 e. The summed E-state index contributed by atoms with van der Waals surface area (Å²) in [6.45, 7) is 0.738. The number of nitrogens with one attached hydrogen (secondary N) is 1. The molecule has 0 spiro atoms. The predicted octanol–water partition coefficient (Wildman–Crippen LogP) is -1.46. The van der Waals surface area contributed by atoms with E-state index in [0.717, 1.165) is 28.2 Å². The lowest BCUT2D eigenvalue weighted by atomic mass is 10.2. The molecule has 1 atom stereocenters. The summed E-state index contributed by atoms with van der Waals surface area (Å²) in [7, 11) is -1.33. The lowest BCUT2D eigenvalue weighted by molar-refractivity contribution is 0.114. The number of hydrogen-bond donors (Lipinski definition) is 1. The van der Waals surface area contributed by atoms with Crippen LogP contribution in [0, 0.1) is 0 Å². The van der Waals surface area contributed by atoms with E-state index in [2.05, 4.69) is 4.72 Å². The SMILES string of the molecule is Cn1cc(S(=O)(=O)NC[C@H]2CCCO2)c(=O)n(C)c1=O. The summed E-state index contributed by atoms with van der Waals surface area (Å²) >= 11 is 0. The molecule has 1 aromatic heterocycles. The summed E-state index contributed by atoms with van der Waals surface area (Å²) in [5, 5.41) is 0. The quantitative estimate of drug-likeness (QED) is 0.733. The minimum atomic E-state index is -3.96. The number of aromatic nitrogens is 2. The van der Waals surface area contributed by atoms with Crippen molar-refractivity contribution in [2.45, 2.75) is 23.8 Å². The van der Waals surface area contributed by atoms with Crippen molar-refractivity contribution in [2.75, 3.05) is 13.2 Å². The van der Waals surface area contributed by atoms with Gasteiger partial charge in [0.05, 0.1) is 6.10 Å². The van der Waals surface area contributed by atoms with Crippen molar-refractivity contribution in [1.29, 1.82) is 0 Å². The van der Waals surface area contributed by atoms with Gasteiger partial charge in [-0.1, -0.05) is 0 Å². The molecule has 0 unspecified atom stereocenters. The van der Waals surface area contributed by atoms with Gasteiger partial charge >= 0.3 is 5.69 Å². The van der Waals surface area contributed by atoms with Gasteiger partial charge in [0.25, 0.3) is 5.56 Å². The molecule has 20 heavy (non-hydrogen) atoms. The highest BCUT2D eigenvalue weighted by Gasteiger charge is 2.24. The van der Waals surface area contributed by atoms with Gasteiger partial charge in [-0.2, -0.15) is 0 Å². The number of rotatable bonds is 4. The molecule has 1 saturated heterocycles. The lowest BCUT2D eigenvalue weighted by Gasteiger charge is -2.12. The van der Waals surface area contributed by atoms with Crippen molar-refractivity contribution >= 4 is 10.0 Å². The first kappa shape index (κ1) is 14.9. The summed E-state index contributed by atoms with van der Waals surface area (Å²) in [5.74, 6) is 0. The van der Waals surface area contributed by atoms with Gasteiger partial charge in [0.15, 0.2) is 4.90 Å². The molecule has 2 rings (SSSR count). The van der Waals surface area contributed by atoms with Gasteiger partial charge < -0.3 is 9.30 Å². The third-order valence-corrected chi connectivity index (χ3v) is 4.64. The first-order valence-electron chi connectivity index (χ1n) is 6.21. The van der Waals surface area contributed by atoms with Crippen molar-refractivity contribution in [3.05, 3.63) is 27.0 Å². The highest BCUT2D eigenvalue weighted by Crippen LogP contribution is 2.11. The number of sulfonamides is 1. The maximum absolute atomic E-state index is 12.1. The van der Waals surface area contributed by atoms with E-state index in [4.69, 9.17) is 4.74 Å². The van der Waals surface area contributed by atoms with Crippen LogP contribution in [-0.4, -0.2) is 36.8 Å². The van der Waals surface area contributed by atoms with Gasteiger partial charge in [0.2, 0.25) is 10.0 Å². The number of aryl methyl sites for hydroxylation is 1. The van der Waals surface area contributed by atoms with Crippen LogP contribution in [0.15, 0.2) is 20.7 Å². The van der Waals surface area contributed by atoms with Crippen LogP contribution in [0.3, 0.4) is 0 Å². The summed E-state index contributed by atoms with van der Waals surface area (Å²) < 4.78 is 33.7. The molecule has 8 nitrogen and oxygen atoms in total. The molecular formula is C11H17N3O5S. The van der Waals surface area contributed by atoms with E-state index in [1.54, 1.807) is 0 Å². The standard InChI is InChI=1S/C11H17N3O5S/c1-13-7-9(10(15)14(2)11(13)16)20(17,18)12-6-8-4-3-5-19-8/h7-8,12H,3-6H2,1-2H3/t8-/m1/s1. The Kier molecular flexibility index (Phi) is 4.11. The van der Waals surface area contributed by atoms with Gasteiger partial charge in [-0.3, -0.25) is 9.36 Å². The number of ether oxygens (including phenoxy) is 1. The Hall–Kier alpha value is -1.45. The van der Waals surface area contributed by atoms with Crippen molar-refractivity contribution in [1.82, 2.24) is 13.9 Å². The molecule has 1 aromatic rings. The normalized spacial score (nSPS) is 19.4. The van der Waals surface area contributed by atoms with E-state index in [9.17, 15) is 18.0 Å². The Morgan fingerprint density at radius 2 is 2.10 bits per heavy atom. The van der Waals surface area contributed by atoms with Gasteiger partial charge in [-0.25, -0.2) is 17.9 Å². The van der Waals surface area contributed by atoms with Crippen molar-refractivity contribution in [3.63, 3.8) is 0 Å². The molecule has 0 saturated carbocycles. The van der Waals surface area contributed by atoms with E-state index < -0.39 is 26.2 Å². The lowest BCUT2D eigenvalue weighted by Crippen LogP contribution is -2.42. The minimum absolute atomic E-state index is 0.119. The van der Waals surface area contributed by atoms with Gasteiger partial charge in [-0.05, 0) is 12.8 Å². The average Bonchev–Trinajstić information content (AvgIpc) is 2.91. The van der Waals surface area contributed by atoms with Crippen LogP contribution in [0.2, 0.25) is 0 Å². The molecule has 1 N–H and O–H groups in total. The van der Waals surface area contributed by atoms with Crippen LogP contribution in [-0.2, 0) is 28.9 Å². The third kappa shape index (κ3) is 2.84. The fourth-order valence-corrected chi connectivity index (χ4v) is 3.27. The van der Waals surface area contributed by atoms with Gasteiger partial charge in [0.1, 0.15) is 0 Å². The molecule has 1 fully saturated rings. The summed E-state index contributed by atoms with van der Waals surface area (Å²) in [6.07, 6.45) is 2.55. The van der Waals surface area contributed by atoms with Crippen molar-refractivity contribution in [3.8, 4) is 0 Å². The number of nitrogens with zero attached hydrogens (tertiary/aromatic N) is 2.